The minimum atomic E-state index is -3.85. The van der Waals surface area contributed by atoms with Gasteiger partial charge in [-0.25, -0.2) is 13.1 Å². The van der Waals surface area contributed by atoms with Gasteiger partial charge >= 0.3 is 0 Å². The van der Waals surface area contributed by atoms with E-state index >= 15 is 0 Å². The molecular formula is C13H20ClN3O3S. The molecule has 0 radical (unpaired) electrons. The van der Waals surface area contributed by atoms with Crippen LogP contribution in [0, 0.1) is 6.92 Å². The van der Waals surface area contributed by atoms with Crippen LogP contribution in [0.15, 0.2) is 17.0 Å². The SMILES string of the molecule is Cc1c(N)cc(S(=O)(=O)NCC(=O)NC(C)(C)C)cc1Cl. The first-order chi connectivity index (χ1) is 9.42. The van der Waals surface area contributed by atoms with Gasteiger partial charge in [-0.15, -0.1) is 0 Å². The Morgan fingerprint density at radius 2 is 1.90 bits per heavy atom. The lowest BCUT2D eigenvalue weighted by Crippen LogP contribution is -2.45. The standard InChI is InChI=1S/C13H20ClN3O3S/c1-8-10(14)5-9(6-11(8)15)21(19,20)16-7-12(18)17-13(2,3)4/h5-6,16H,7,15H2,1-4H3,(H,17,18). The zero-order valence-electron chi connectivity index (χ0n) is 12.5. The Bertz CT molecular complexity index is 628. The molecule has 0 aliphatic heterocycles. The summed E-state index contributed by atoms with van der Waals surface area (Å²) in [6.07, 6.45) is 0. The van der Waals surface area contributed by atoms with Crippen LogP contribution in [0.4, 0.5) is 5.69 Å². The van der Waals surface area contributed by atoms with E-state index in [9.17, 15) is 13.2 Å². The van der Waals surface area contributed by atoms with E-state index in [1.165, 1.54) is 12.1 Å². The molecule has 4 N–H and O–H groups in total. The van der Waals surface area contributed by atoms with Crippen molar-refractivity contribution in [3.8, 4) is 0 Å². The predicted octanol–water partition coefficient (Wildman–Crippen LogP) is 1.42. The van der Waals surface area contributed by atoms with Crippen molar-refractivity contribution in [1.29, 1.82) is 0 Å². The van der Waals surface area contributed by atoms with E-state index in [1.54, 1.807) is 27.7 Å². The topological polar surface area (TPSA) is 101 Å². The Morgan fingerprint density at radius 1 is 1.33 bits per heavy atom. The van der Waals surface area contributed by atoms with Crippen molar-refractivity contribution in [1.82, 2.24) is 10.0 Å². The molecule has 0 unspecified atom stereocenters. The van der Waals surface area contributed by atoms with E-state index in [-0.39, 0.29) is 22.2 Å². The molecule has 0 atom stereocenters. The van der Waals surface area contributed by atoms with E-state index in [0.717, 1.165) is 0 Å². The molecule has 0 saturated heterocycles. The second-order valence-corrected chi connectivity index (χ2v) is 7.92. The van der Waals surface area contributed by atoms with Gasteiger partial charge in [-0.05, 0) is 45.4 Å². The summed E-state index contributed by atoms with van der Waals surface area (Å²) in [5.74, 6) is -0.419. The number of anilines is 1. The Hall–Kier alpha value is -1.31. The first-order valence-corrected chi connectivity index (χ1v) is 8.15. The summed E-state index contributed by atoms with van der Waals surface area (Å²) in [5.41, 5.74) is 6.16. The van der Waals surface area contributed by atoms with Gasteiger partial charge in [0, 0.05) is 16.2 Å². The molecule has 118 valence electrons. The molecule has 1 amide bonds. The molecule has 0 aliphatic carbocycles. The molecule has 21 heavy (non-hydrogen) atoms. The van der Waals surface area contributed by atoms with Gasteiger partial charge in [-0.2, -0.15) is 0 Å². The van der Waals surface area contributed by atoms with Gasteiger partial charge in [0.15, 0.2) is 0 Å². The van der Waals surface area contributed by atoms with Gasteiger partial charge < -0.3 is 11.1 Å². The predicted molar refractivity (Wildman–Crippen MR) is 83.7 cm³/mol. The molecule has 0 aromatic heterocycles. The maximum Gasteiger partial charge on any atom is 0.241 e. The van der Waals surface area contributed by atoms with Gasteiger partial charge in [0.05, 0.1) is 11.4 Å². The fraction of sp³-hybridized carbons (Fsp3) is 0.462. The summed E-state index contributed by atoms with van der Waals surface area (Å²) in [7, 11) is -3.85. The number of sulfonamides is 1. The molecular weight excluding hydrogens is 314 g/mol. The summed E-state index contributed by atoms with van der Waals surface area (Å²) < 4.78 is 26.4. The van der Waals surface area contributed by atoms with E-state index in [0.29, 0.717) is 5.56 Å². The Morgan fingerprint density at radius 3 is 2.38 bits per heavy atom. The number of nitrogen functional groups attached to an aromatic ring is 1. The third-order valence-corrected chi connectivity index (χ3v) is 4.38. The molecule has 0 spiro atoms. The van der Waals surface area contributed by atoms with Gasteiger partial charge in [0.2, 0.25) is 15.9 Å². The number of hydrogen-bond acceptors (Lipinski definition) is 4. The normalized spacial score (nSPS) is 12.2. The van der Waals surface area contributed by atoms with E-state index in [1.807, 2.05) is 0 Å². The fourth-order valence-electron chi connectivity index (χ4n) is 1.54. The van der Waals surface area contributed by atoms with Crippen LogP contribution in [-0.2, 0) is 14.8 Å². The maximum absolute atomic E-state index is 12.1. The number of rotatable bonds is 4. The maximum atomic E-state index is 12.1. The lowest BCUT2D eigenvalue weighted by molar-refractivity contribution is -0.121. The minimum Gasteiger partial charge on any atom is -0.398 e. The summed E-state index contributed by atoms with van der Waals surface area (Å²) in [4.78, 5) is 11.6. The Kier molecular flexibility index (Phi) is 5.25. The van der Waals surface area contributed by atoms with Crippen molar-refractivity contribution in [2.75, 3.05) is 12.3 Å². The third-order valence-electron chi connectivity index (χ3n) is 2.61. The molecule has 8 heteroatoms. The smallest absolute Gasteiger partial charge is 0.241 e. The highest BCUT2D eigenvalue weighted by molar-refractivity contribution is 7.89. The summed E-state index contributed by atoms with van der Waals surface area (Å²) in [6, 6.07) is 2.61. The number of carbonyl (C=O) groups is 1. The van der Waals surface area contributed by atoms with E-state index < -0.39 is 21.5 Å². The number of carbonyl (C=O) groups excluding carboxylic acids is 1. The molecule has 1 aromatic rings. The Labute approximate surface area is 130 Å². The molecule has 0 saturated carbocycles. The lowest BCUT2D eigenvalue weighted by Gasteiger charge is -2.20. The molecule has 0 aliphatic rings. The largest absolute Gasteiger partial charge is 0.398 e. The van der Waals surface area contributed by atoms with Crippen molar-refractivity contribution in [2.45, 2.75) is 38.1 Å². The van der Waals surface area contributed by atoms with Crippen molar-refractivity contribution in [3.05, 3.63) is 22.7 Å². The van der Waals surface area contributed by atoms with Crippen LogP contribution < -0.4 is 15.8 Å². The second kappa shape index (κ2) is 6.21. The van der Waals surface area contributed by atoms with Gasteiger partial charge in [-0.3, -0.25) is 4.79 Å². The third kappa shape index (κ3) is 5.18. The second-order valence-electron chi connectivity index (χ2n) is 5.74. The van der Waals surface area contributed by atoms with Gasteiger partial charge in [-0.1, -0.05) is 11.6 Å². The van der Waals surface area contributed by atoms with Crippen molar-refractivity contribution in [3.63, 3.8) is 0 Å². The van der Waals surface area contributed by atoms with Crippen LogP contribution in [0.25, 0.3) is 0 Å². The number of benzene rings is 1. The van der Waals surface area contributed by atoms with E-state index in [4.69, 9.17) is 17.3 Å². The number of halogens is 1. The highest BCUT2D eigenvalue weighted by Crippen LogP contribution is 2.25. The van der Waals surface area contributed by atoms with Crippen LogP contribution >= 0.6 is 11.6 Å². The summed E-state index contributed by atoms with van der Waals surface area (Å²) >= 11 is 5.92. The monoisotopic (exact) mass is 333 g/mol. The van der Waals surface area contributed by atoms with Gasteiger partial charge in [0.1, 0.15) is 0 Å². The minimum absolute atomic E-state index is 0.0702. The quantitative estimate of drug-likeness (QED) is 0.725. The molecule has 0 heterocycles. The highest BCUT2D eigenvalue weighted by Gasteiger charge is 2.19. The zero-order valence-corrected chi connectivity index (χ0v) is 14.0. The number of amides is 1. The van der Waals surface area contributed by atoms with E-state index in [2.05, 4.69) is 10.0 Å². The van der Waals surface area contributed by atoms with Crippen molar-refractivity contribution >= 4 is 33.2 Å². The average Bonchev–Trinajstić information content (AvgIpc) is 2.31. The van der Waals surface area contributed by atoms with Crippen LogP contribution in [0.3, 0.4) is 0 Å². The van der Waals surface area contributed by atoms with Crippen molar-refractivity contribution in [2.24, 2.45) is 0 Å². The van der Waals surface area contributed by atoms with Crippen LogP contribution in [0.2, 0.25) is 5.02 Å². The van der Waals surface area contributed by atoms with Crippen LogP contribution in [-0.4, -0.2) is 26.4 Å². The average molecular weight is 334 g/mol. The first kappa shape index (κ1) is 17.7. The number of nitrogens with one attached hydrogen (secondary N) is 2. The molecule has 6 nitrogen and oxygen atoms in total. The molecule has 0 bridgehead atoms. The fourth-order valence-corrected chi connectivity index (χ4v) is 2.87. The lowest BCUT2D eigenvalue weighted by atomic mass is 10.1. The number of nitrogens with two attached hydrogens (primary N) is 1. The van der Waals surface area contributed by atoms with Gasteiger partial charge in [0.25, 0.3) is 0 Å². The highest BCUT2D eigenvalue weighted by atomic mass is 35.5. The van der Waals surface area contributed by atoms with Crippen LogP contribution in [0.5, 0.6) is 0 Å². The molecule has 0 fully saturated rings. The summed E-state index contributed by atoms with van der Waals surface area (Å²) in [6.45, 7) is 6.75. The van der Waals surface area contributed by atoms with Crippen molar-refractivity contribution < 1.29 is 13.2 Å². The number of hydrogen-bond donors (Lipinski definition) is 3. The Balaban J connectivity index is 2.86. The molecule has 1 rings (SSSR count). The van der Waals surface area contributed by atoms with Crippen LogP contribution in [0.1, 0.15) is 26.3 Å². The summed E-state index contributed by atoms with van der Waals surface area (Å²) in [5, 5.41) is 2.92. The first-order valence-electron chi connectivity index (χ1n) is 6.29. The zero-order chi connectivity index (χ0) is 16.4. The molecule has 1 aromatic carbocycles.